The lowest BCUT2D eigenvalue weighted by atomic mass is 9.41. The van der Waals surface area contributed by atoms with E-state index in [1.807, 2.05) is 0 Å². The highest BCUT2D eigenvalue weighted by molar-refractivity contribution is 6.95. The minimum atomic E-state index is 0.0764. The van der Waals surface area contributed by atoms with Crippen molar-refractivity contribution in [3.05, 3.63) is 164 Å². The molecular weight excluding hydrogens is 543 g/mol. The Hall–Kier alpha value is -5.80. The molecule has 3 heterocycles. The summed E-state index contributed by atoms with van der Waals surface area (Å²) in [5, 5.41) is 0. The molecule has 7 aromatic rings. The molecule has 3 aliphatic rings. The molecular formula is C42H27BN2. The van der Waals surface area contributed by atoms with Crippen LogP contribution in [0.3, 0.4) is 0 Å². The zero-order chi connectivity index (χ0) is 29.5. The molecule has 0 unspecified atom stereocenters. The van der Waals surface area contributed by atoms with Gasteiger partial charge in [-0.05, 0) is 57.4 Å². The molecule has 0 radical (unpaired) electrons. The molecule has 7 aromatic carbocycles. The predicted molar refractivity (Wildman–Crippen MR) is 190 cm³/mol. The van der Waals surface area contributed by atoms with E-state index < -0.39 is 0 Å². The Morgan fingerprint density at radius 1 is 0.311 bits per heavy atom. The summed E-state index contributed by atoms with van der Waals surface area (Å²) in [5.41, 5.74) is 19.0. The van der Waals surface area contributed by atoms with Crippen molar-refractivity contribution in [2.24, 2.45) is 0 Å². The van der Waals surface area contributed by atoms with Crippen LogP contribution in [-0.4, -0.2) is 6.85 Å². The number of fused-ring (bicyclic) bond motifs is 6. The zero-order valence-corrected chi connectivity index (χ0v) is 24.6. The van der Waals surface area contributed by atoms with E-state index in [2.05, 4.69) is 174 Å². The Labute approximate surface area is 263 Å². The Morgan fingerprint density at radius 2 is 0.689 bits per heavy atom. The van der Waals surface area contributed by atoms with Crippen LogP contribution in [0.1, 0.15) is 0 Å². The van der Waals surface area contributed by atoms with Crippen LogP contribution in [0.25, 0.3) is 44.5 Å². The molecule has 0 aromatic heterocycles. The van der Waals surface area contributed by atoms with Gasteiger partial charge in [0.2, 0.25) is 0 Å². The first kappa shape index (κ1) is 24.6. The number of anilines is 5. The van der Waals surface area contributed by atoms with Gasteiger partial charge in [0.05, 0.1) is 5.69 Å². The van der Waals surface area contributed by atoms with Crippen molar-refractivity contribution < 1.29 is 0 Å². The van der Waals surface area contributed by atoms with Crippen molar-refractivity contribution in [2.75, 3.05) is 9.71 Å². The van der Waals surface area contributed by atoms with E-state index in [-0.39, 0.29) is 6.85 Å². The number of para-hydroxylation sites is 3. The van der Waals surface area contributed by atoms with Crippen molar-refractivity contribution in [1.82, 2.24) is 0 Å². The first-order valence-electron chi connectivity index (χ1n) is 15.7. The van der Waals surface area contributed by atoms with Gasteiger partial charge in [-0.3, -0.25) is 0 Å². The van der Waals surface area contributed by atoms with E-state index in [9.17, 15) is 0 Å². The molecule has 0 aliphatic carbocycles. The molecule has 0 bridgehead atoms. The lowest BCUT2D eigenvalue weighted by molar-refractivity contribution is 1.26. The van der Waals surface area contributed by atoms with E-state index in [0.29, 0.717) is 0 Å². The van der Waals surface area contributed by atoms with E-state index in [0.717, 1.165) is 0 Å². The second-order valence-electron chi connectivity index (χ2n) is 12.1. The monoisotopic (exact) mass is 570 g/mol. The zero-order valence-electron chi connectivity index (χ0n) is 24.6. The normalized spacial score (nSPS) is 13.2. The SMILES string of the molecule is c1ccc(-c2cccc(-c3ccccc3)c2N2c3cccc4c3B3c5c(cccc52)-c2ccccc2N3c2ccccc2-4)cc1. The van der Waals surface area contributed by atoms with Crippen molar-refractivity contribution in [2.45, 2.75) is 0 Å². The van der Waals surface area contributed by atoms with Gasteiger partial charge in [-0.2, -0.15) is 0 Å². The molecule has 0 amide bonds. The Bertz CT molecular complexity index is 2140. The lowest BCUT2D eigenvalue weighted by Gasteiger charge is -2.49. The van der Waals surface area contributed by atoms with Crippen LogP contribution in [0.15, 0.2) is 164 Å². The van der Waals surface area contributed by atoms with Crippen LogP contribution in [0, 0.1) is 0 Å². The summed E-state index contributed by atoms with van der Waals surface area (Å²) in [5.74, 6) is 0. The van der Waals surface area contributed by atoms with E-state index in [1.165, 1.54) is 83.9 Å². The van der Waals surface area contributed by atoms with Gasteiger partial charge in [0.1, 0.15) is 0 Å². The summed E-state index contributed by atoms with van der Waals surface area (Å²) in [7, 11) is 0. The maximum absolute atomic E-state index is 2.60. The average Bonchev–Trinajstić information content (AvgIpc) is 3.12. The molecule has 10 rings (SSSR count). The fraction of sp³-hybridized carbons (Fsp3) is 0. The number of benzene rings is 7. The molecule has 0 saturated carbocycles. The molecule has 208 valence electrons. The minimum absolute atomic E-state index is 0.0764. The Morgan fingerprint density at radius 3 is 1.20 bits per heavy atom. The third kappa shape index (κ3) is 3.35. The lowest BCUT2D eigenvalue weighted by Crippen LogP contribution is -2.63. The highest BCUT2D eigenvalue weighted by atomic mass is 15.2. The van der Waals surface area contributed by atoms with Gasteiger partial charge in [0, 0.05) is 45.0 Å². The highest BCUT2D eigenvalue weighted by Crippen LogP contribution is 2.53. The summed E-state index contributed by atoms with van der Waals surface area (Å²) >= 11 is 0. The van der Waals surface area contributed by atoms with Crippen LogP contribution in [-0.2, 0) is 0 Å². The van der Waals surface area contributed by atoms with Gasteiger partial charge in [0.15, 0.2) is 0 Å². The number of nitrogens with zero attached hydrogens (tertiary/aromatic N) is 2. The third-order valence-corrected chi connectivity index (χ3v) is 9.79. The molecule has 0 fully saturated rings. The molecule has 0 saturated heterocycles. The number of hydrogen-bond donors (Lipinski definition) is 0. The summed E-state index contributed by atoms with van der Waals surface area (Å²) in [6, 6.07) is 60.1. The quantitative estimate of drug-likeness (QED) is 0.195. The summed E-state index contributed by atoms with van der Waals surface area (Å²) in [6.45, 7) is 0.0764. The fourth-order valence-corrected chi connectivity index (χ4v) is 8.03. The molecule has 45 heavy (non-hydrogen) atoms. The third-order valence-electron chi connectivity index (χ3n) is 9.79. The van der Waals surface area contributed by atoms with E-state index >= 15 is 0 Å². The summed E-state index contributed by atoms with van der Waals surface area (Å²) < 4.78 is 0. The summed E-state index contributed by atoms with van der Waals surface area (Å²) in [4.78, 5) is 5.17. The van der Waals surface area contributed by atoms with Gasteiger partial charge < -0.3 is 9.71 Å². The molecule has 0 spiro atoms. The molecule has 0 atom stereocenters. The van der Waals surface area contributed by atoms with Crippen LogP contribution in [0.4, 0.5) is 28.4 Å². The first-order valence-corrected chi connectivity index (χ1v) is 15.7. The topological polar surface area (TPSA) is 6.48 Å². The second-order valence-corrected chi connectivity index (χ2v) is 12.1. The fourth-order valence-electron chi connectivity index (χ4n) is 8.03. The second kappa shape index (κ2) is 9.35. The Balaban J connectivity index is 1.38. The van der Waals surface area contributed by atoms with Gasteiger partial charge in [0.25, 0.3) is 0 Å². The van der Waals surface area contributed by atoms with Crippen LogP contribution in [0.5, 0.6) is 0 Å². The minimum Gasteiger partial charge on any atom is -0.376 e. The average molecular weight is 571 g/mol. The van der Waals surface area contributed by atoms with Crippen molar-refractivity contribution in [3.63, 3.8) is 0 Å². The number of hydrogen-bond acceptors (Lipinski definition) is 2. The predicted octanol–water partition coefficient (Wildman–Crippen LogP) is 9.71. The molecule has 3 heteroatoms. The van der Waals surface area contributed by atoms with Crippen molar-refractivity contribution in [1.29, 1.82) is 0 Å². The van der Waals surface area contributed by atoms with Gasteiger partial charge in [-0.25, -0.2) is 0 Å². The Kier molecular flexibility index (Phi) is 5.12. The molecule has 3 aliphatic heterocycles. The maximum Gasteiger partial charge on any atom is 0.333 e. The summed E-state index contributed by atoms with van der Waals surface area (Å²) in [6.07, 6.45) is 0. The number of rotatable bonds is 3. The van der Waals surface area contributed by atoms with Crippen molar-refractivity contribution >= 4 is 46.2 Å². The molecule has 0 N–H and O–H groups in total. The maximum atomic E-state index is 2.60. The van der Waals surface area contributed by atoms with Crippen LogP contribution >= 0.6 is 0 Å². The van der Waals surface area contributed by atoms with Gasteiger partial charge >= 0.3 is 6.85 Å². The molecule has 2 nitrogen and oxygen atoms in total. The van der Waals surface area contributed by atoms with E-state index in [4.69, 9.17) is 0 Å². The van der Waals surface area contributed by atoms with Crippen molar-refractivity contribution in [3.8, 4) is 44.5 Å². The largest absolute Gasteiger partial charge is 0.376 e. The highest BCUT2D eigenvalue weighted by Gasteiger charge is 2.48. The van der Waals surface area contributed by atoms with Gasteiger partial charge in [-0.1, -0.05) is 140 Å². The smallest absolute Gasteiger partial charge is 0.333 e. The van der Waals surface area contributed by atoms with Crippen LogP contribution < -0.4 is 20.6 Å². The first-order chi connectivity index (χ1) is 22.4. The van der Waals surface area contributed by atoms with Gasteiger partial charge in [-0.15, -0.1) is 0 Å². The van der Waals surface area contributed by atoms with E-state index in [1.54, 1.807) is 0 Å². The van der Waals surface area contributed by atoms with Crippen LogP contribution in [0.2, 0.25) is 0 Å². The standard InChI is InChI=1S/C42H27BN2/c1-3-14-28(15-4-1)30-20-11-21-31(29-16-5-2-6-17-29)42(30)44-38-26-12-22-34-32-18-7-9-24-36(32)45-37-25-10-8-19-33(37)35-23-13-27-39(44)41(35)43(45)40(34)38/h1-27H.